The van der Waals surface area contributed by atoms with E-state index in [9.17, 15) is 0 Å². The lowest BCUT2D eigenvalue weighted by Crippen LogP contribution is -2.37. The predicted molar refractivity (Wildman–Crippen MR) is 117 cm³/mol. The van der Waals surface area contributed by atoms with Gasteiger partial charge in [-0.05, 0) is 42.7 Å². The van der Waals surface area contributed by atoms with Gasteiger partial charge in [-0.2, -0.15) is 0 Å². The van der Waals surface area contributed by atoms with Crippen LogP contribution in [0.5, 0.6) is 5.75 Å². The topological polar surface area (TPSA) is 48.9 Å². The van der Waals surface area contributed by atoms with Gasteiger partial charge in [0.15, 0.2) is 5.96 Å². The van der Waals surface area contributed by atoms with Gasteiger partial charge in [-0.3, -0.25) is 4.99 Å². The standard InChI is InChI=1S/C23H30N4O/c1-18-9-10-22(28-3)20(15-18)11-12-25-23(24-2)26-17-19-7-6-8-21(16-19)27-13-4-5-14-27/h4-10,15-16H,11-14,17H2,1-3H3,(H2,24,25,26). The van der Waals surface area contributed by atoms with E-state index < -0.39 is 0 Å². The number of guanidine groups is 1. The van der Waals surface area contributed by atoms with Crippen LogP contribution in [0, 0.1) is 6.92 Å². The summed E-state index contributed by atoms with van der Waals surface area (Å²) in [6, 6.07) is 14.9. The predicted octanol–water partition coefficient (Wildman–Crippen LogP) is 3.29. The number of nitrogens with zero attached hydrogens (tertiary/aromatic N) is 2. The Morgan fingerprint density at radius 2 is 1.93 bits per heavy atom. The lowest BCUT2D eigenvalue weighted by atomic mass is 10.1. The summed E-state index contributed by atoms with van der Waals surface area (Å²) in [5.41, 5.74) is 4.95. The number of aliphatic imine (C=N–C) groups is 1. The fourth-order valence-electron chi connectivity index (χ4n) is 3.38. The number of hydrogen-bond acceptors (Lipinski definition) is 3. The van der Waals surface area contributed by atoms with Gasteiger partial charge in [0.25, 0.3) is 0 Å². The Kier molecular flexibility index (Phi) is 6.95. The van der Waals surface area contributed by atoms with Gasteiger partial charge < -0.3 is 20.3 Å². The van der Waals surface area contributed by atoms with Crippen LogP contribution in [0.1, 0.15) is 16.7 Å². The average Bonchev–Trinajstić information content (AvgIpc) is 3.26. The van der Waals surface area contributed by atoms with Gasteiger partial charge in [-0.25, -0.2) is 0 Å². The molecule has 0 aromatic heterocycles. The maximum absolute atomic E-state index is 5.46. The molecule has 2 aromatic carbocycles. The molecule has 0 radical (unpaired) electrons. The van der Waals surface area contributed by atoms with Crippen molar-refractivity contribution in [3.63, 3.8) is 0 Å². The van der Waals surface area contributed by atoms with Crippen LogP contribution in [-0.4, -0.2) is 39.8 Å². The molecule has 5 nitrogen and oxygen atoms in total. The van der Waals surface area contributed by atoms with Gasteiger partial charge >= 0.3 is 0 Å². The van der Waals surface area contributed by atoms with E-state index in [0.717, 1.165) is 44.3 Å². The molecule has 148 valence electrons. The summed E-state index contributed by atoms with van der Waals surface area (Å²) in [7, 11) is 3.52. The summed E-state index contributed by atoms with van der Waals surface area (Å²) in [6.45, 7) is 5.61. The molecule has 0 saturated heterocycles. The highest BCUT2D eigenvalue weighted by Crippen LogP contribution is 2.20. The van der Waals surface area contributed by atoms with Crippen LogP contribution in [0.15, 0.2) is 59.6 Å². The summed E-state index contributed by atoms with van der Waals surface area (Å²) >= 11 is 0. The van der Waals surface area contributed by atoms with E-state index in [1.54, 1.807) is 14.2 Å². The van der Waals surface area contributed by atoms with Crippen molar-refractivity contribution in [2.45, 2.75) is 19.9 Å². The minimum Gasteiger partial charge on any atom is -0.496 e. The van der Waals surface area contributed by atoms with Gasteiger partial charge in [0.05, 0.1) is 7.11 Å². The van der Waals surface area contributed by atoms with Crippen molar-refractivity contribution in [1.82, 2.24) is 10.6 Å². The van der Waals surface area contributed by atoms with Crippen LogP contribution in [0.25, 0.3) is 0 Å². The molecular formula is C23H30N4O. The SMILES string of the molecule is CN=C(NCCc1cc(C)ccc1OC)NCc1cccc(N2CC=CC2)c1. The van der Waals surface area contributed by atoms with Crippen LogP contribution in [0.2, 0.25) is 0 Å². The molecule has 0 unspecified atom stereocenters. The van der Waals surface area contributed by atoms with Gasteiger partial charge in [-0.15, -0.1) is 0 Å². The second-order valence-electron chi connectivity index (χ2n) is 6.96. The molecule has 0 atom stereocenters. The normalized spacial score (nSPS) is 13.7. The zero-order valence-corrected chi connectivity index (χ0v) is 17.0. The van der Waals surface area contributed by atoms with E-state index in [1.165, 1.54) is 22.4 Å². The van der Waals surface area contributed by atoms with Crippen LogP contribution in [0.4, 0.5) is 5.69 Å². The highest BCUT2D eigenvalue weighted by molar-refractivity contribution is 5.79. The van der Waals surface area contributed by atoms with E-state index in [1.807, 2.05) is 6.07 Å². The summed E-state index contributed by atoms with van der Waals surface area (Å²) in [6.07, 6.45) is 5.29. The zero-order valence-electron chi connectivity index (χ0n) is 17.0. The van der Waals surface area contributed by atoms with Gasteiger partial charge in [0.2, 0.25) is 0 Å². The largest absolute Gasteiger partial charge is 0.496 e. The molecule has 1 aliphatic rings. The van der Waals surface area contributed by atoms with Crippen LogP contribution < -0.4 is 20.3 Å². The number of hydrogen-bond donors (Lipinski definition) is 2. The highest BCUT2D eigenvalue weighted by Gasteiger charge is 2.08. The zero-order chi connectivity index (χ0) is 19.8. The third kappa shape index (κ3) is 5.28. The molecule has 0 fully saturated rings. The van der Waals surface area contributed by atoms with Crippen molar-refractivity contribution in [1.29, 1.82) is 0 Å². The smallest absolute Gasteiger partial charge is 0.191 e. The molecule has 28 heavy (non-hydrogen) atoms. The van der Waals surface area contributed by atoms with Crippen molar-refractivity contribution in [2.24, 2.45) is 4.99 Å². The van der Waals surface area contributed by atoms with Crippen LogP contribution in [0.3, 0.4) is 0 Å². The second kappa shape index (κ2) is 9.83. The summed E-state index contributed by atoms with van der Waals surface area (Å²) < 4.78 is 5.46. The van der Waals surface area contributed by atoms with Gasteiger partial charge in [0, 0.05) is 38.9 Å². The van der Waals surface area contributed by atoms with Crippen molar-refractivity contribution < 1.29 is 4.74 Å². The van der Waals surface area contributed by atoms with Gasteiger partial charge in [-0.1, -0.05) is 42.0 Å². The highest BCUT2D eigenvalue weighted by atomic mass is 16.5. The minimum absolute atomic E-state index is 0.739. The molecule has 0 saturated carbocycles. The van der Waals surface area contributed by atoms with Crippen LogP contribution in [-0.2, 0) is 13.0 Å². The van der Waals surface area contributed by atoms with Crippen molar-refractivity contribution >= 4 is 11.6 Å². The molecule has 1 heterocycles. The van der Waals surface area contributed by atoms with E-state index >= 15 is 0 Å². The van der Waals surface area contributed by atoms with Crippen molar-refractivity contribution in [2.75, 3.05) is 38.7 Å². The Balaban J connectivity index is 1.50. The summed E-state index contributed by atoms with van der Waals surface area (Å²) in [5.74, 6) is 1.74. The fourth-order valence-corrected chi connectivity index (χ4v) is 3.38. The average molecular weight is 379 g/mol. The molecule has 0 aliphatic carbocycles. The molecule has 2 N–H and O–H groups in total. The van der Waals surface area contributed by atoms with E-state index in [-0.39, 0.29) is 0 Å². The van der Waals surface area contributed by atoms with Crippen LogP contribution >= 0.6 is 0 Å². The number of nitrogens with one attached hydrogen (secondary N) is 2. The Hall–Kier alpha value is -2.95. The molecule has 5 heteroatoms. The maximum atomic E-state index is 5.46. The third-order valence-electron chi connectivity index (χ3n) is 4.90. The van der Waals surface area contributed by atoms with Gasteiger partial charge in [0.1, 0.15) is 5.75 Å². The number of rotatable bonds is 7. The number of benzene rings is 2. The first kappa shape index (κ1) is 19.8. The molecule has 2 aromatic rings. The lowest BCUT2D eigenvalue weighted by molar-refractivity contribution is 0.409. The summed E-state index contributed by atoms with van der Waals surface area (Å²) in [5, 5.41) is 6.79. The first-order valence-electron chi connectivity index (χ1n) is 9.76. The quantitative estimate of drug-likeness (QED) is 0.441. The second-order valence-corrected chi connectivity index (χ2v) is 6.96. The van der Waals surface area contributed by atoms with E-state index in [4.69, 9.17) is 4.74 Å². The first-order valence-corrected chi connectivity index (χ1v) is 9.76. The van der Waals surface area contributed by atoms with Crippen molar-refractivity contribution in [3.05, 3.63) is 71.3 Å². The Morgan fingerprint density at radius 1 is 1.11 bits per heavy atom. The Labute approximate surface area is 168 Å². The Morgan fingerprint density at radius 3 is 2.68 bits per heavy atom. The third-order valence-corrected chi connectivity index (χ3v) is 4.90. The maximum Gasteiger partial charge on any atom is 0.191 e. The van der Waals surface area contributed by atoms with E-state index in [2.05, 4.69) is 76.0 Å². The molecule has 0 bridgehead atoms. The number of anilines is 1. The summed E-state index contributed by atoms with van der Waals surface area (Å²) in [4.78, 5) is 6.69. The van der Waals surface area contributed by atoms with E-state index in [0.29, 0.717) is 0 Å². The molecule has 1 aliphatic heterocycles. The van der Waals surface area contributed by atoms with Crippen molar-refractivity contribution in [3.8, 4) is 5.75 Å². The first-order chi connectivity index (χ1) is 13.7. The number of aryl methyl sites for hydroxylation is 1. The molecule has 0 amide bonds. The fraction of sp³-hybridized carbons (Fsp3) is 0.348. The number of methoxy groups -OCH3 is 1. The monoisotopic (exact) mass is 378 g/mol. The lowest BCUT2D eigenvalue weighted by Gasteiger charge is -2.19. The number of ether oxygens (including phenoxy) is 1. The Bertz CT molecular complexity index is 836. The molecule has 3 rings (SSSR count). The molecule has 0 spiro atoms. The molecular weight excluding hydrogens is 348 g/mol. The minimum atomic E-state index is 0.739.